The normalized spacial score (nSPS) is 26.4. The van der Waals surface area contributed by atoms with Gasteiger partial charge >= 0.3 is 5.97 Å². The Balaban J connectivity index is 2.44. The Morgan fingerprint density at radius 2 is 2.36 bits per heavy atom. The van der Waals surface area contributed by atoms with E-state index in [1.54, 1.807) is 6.92 Å². The molecule has 14 heavy (non-hydrogen) atoms. The summed E-state index contributed by atoms with van der Waals surface area (Å²) in [5.41, 5.74) is -1.15. The van der Waals surface area contributed by atoms with Crippen LogP contribution in [0.25, 0.3) is 0 Å². The number of hydrogen-bond donors (Lipinski definition) is 2. The Morgan fingerprint density at radius 3 is 2.71 bits per heavy atom. The van der Waals surface area contributed by atoms with Crippen molar-refractivity contribution in [3.8, 4) is 0 Å². The summed E-state index contributed by atoms with van der Waals surface area (Å²) >= 11 is 0. The van der Waals surface area contributed by atoms with Crippen LogP contribution in [-0.2, 0) is 9.53 Å². The zero-order chi connectivity index (χ0) is 10.8. The second kappa shape index (κ2) is 4.25. The highest BCUT2D eigenvalue weighted by Crippen LogP contribution is 2.21. The highest BCUT2D eigenvalue weighted by Gasteiger charge is 2.38. The molecule has 1 aliphatic rings. The van der Waals surface area contributed by atoms with Crippen molar-refractivity contribution >= 4 is 5.97 Å². The fourth-order valence-electron chi connectivity index (χ4n) is 1.52. The van der Waals surface area contributed by atoms with E-state index >= 15 is 0 Å². The number of carbonyl (C=O) groups is 1. The van der Waals surface area contributed by atoms with Crippen molar-refractivity contribution in [1.29, 1.82) is 0 Å². The summed E-state index contributed by atoms with van der Waals surface area (Å²) < 4.78 is 4.61. The molecule has 0 spiro atoms. The summed E-state index contributed by atoms with van der Waals surface area (Å²) in [6, 6.07) is -0.252. The number of ether oxygens (including phenoxy) is 1. The highest BCUT2D eigenvalue weighted by molar-refractivity contribution is 5.76. The van der Waals surface area contributed by atoms with Crippen LogP contribution in [0.3, 0.4) is 0 Å². The molecule has 0 aromatic heterocycles. The van der Waals surface area contributed by atoms with Crippen molar-refractivity contribution in [3.63, 3.8) is 0 Å². The maximum Gasteiger partial charge on any atom is 0.323 e. The molecule has 5 nitrogen and oxygen atoms in total. The average Bonchev–Trinajstić information content (AvgIpc) is 2.12. The van der Waals surface area contributed by atoms with Gasteiger partial charge in [0.1, 0.15) is 6.04 Å². The van der Waals surface area contributed by atoms with E-state index in [4.69, 9.17) is 5.11 Å². The maximum atomic E-state index is 11.2. The van der Waals surface area contributed by atoms with Crippen LogP contribution in [-0.4, -0.2) is 59.5 Å². The van der Waals surface area contributed by atoms with Crippen LogP contribution in [0.1, 0.15) is 13.3 Å². The molecule has 1 heterocycles. The summed E-state index contributed by atoms with van der Waals surface area (Å²) in [5, 5.41) is 18.4. The number of likely N-dealkylation sites (tertiary alicyclic amines) is 1. The largest absolute Gasteiger partial charge is 0.468 e. The molecule has 2 N–H and O–H groups in total. The molecule has 0 aliphatic carbocycles. The third kappa shape index (κ3) is 2.43. The zero-order valence-electron chi connectivity index (χ0n) is 8.56. The van der Waals surface area contributed by atoms with Crippen LogP contribution in [0.15, 0.2) is 0 Å². The lowest BCUT2D eigenvalue weighted by molar-refractivity contribution is -0.155. The maximum absolute atomic E-state index is 11.2. The predicted molar refractivity (Wildman–Crippen MR) is 49.7 cm³/mol. The molecule has 0 aromatic carbocycles. The predicted octanol–water partition coefficient (Wildman–Crippen LogP) is -1.02. The molecule has 2 atom stereocenters. The van der Waals surface area contributed by atoms with Crippen molar-refractivity contribution in [3.05, 3.63) is 0 Å². The summed E-state index contributed by atoms with van der Waals surface area (Å²) in [7, 11) is 1.35. The molecule has 82 valence electrons. The van der Waals surface area contributed by atoms with Gasteiger partial charge in [0.2, 0.25) is 0 Å². The Kier molecular flexibility index (Phi) is 3.47. The third-order valence-corrected chi connectivity index (χ3v) is 2.49. The fraction of sp³-hybridized carbons (Fsp3) is 0.889. The molecule has 1 rings (SSSR count). The molecule has 0 radical (unpaired) electrons. The van der Waals surface area contributed by atoms with Gasteiger partial charge in [-0.1, -0.05) is 0 Å². The lowest BCUT2D eigenvalue weighted by Gasteiger charge is -2.42. The van der Waals surface area contributed by atoms with Gasteiger partial charge in [0.05, 0.1) is 19.3 Å². The van der Waals surface area contributed by atoms with Crippen molar-refractivity contribution in [2.75, 3.05) is 26.8 Å². The second-order valence-electron chi connectivity index (χ2n) is 3.95. The Labute approximate surface area is 83.3 Å². The molecule has 1 aliphatic heterocycles. The number of hydrogen-bond acceptors (Lipinski definition) is 5. The number of aliphatic hydroxyl groups excluding tert-OH is 1. The van der Waals surface area contributed by atoms with Gasteiger partial charge in [-0.25, -0.2) is 0 Å². The fourth-order valence-corrected chi connectivity index (χ4v) is 1.52. The number of methoxy groups -OCH3 is 1. The van der Waals surface area contributed by atoms with Crippen LogP contribution in [0.4, 0.5) is 0 Å². The van der Waals surface area contributed by atoms with Crippen molar-refractivity contribution in [1.82, 2.24) is 4.90 Å². The molecule has 2 unspecified atom stereocenters. The number of aliphatic hydroxyl groups is 2. The van der Waals surface area contributed by atoms with Crippen LogP contribution in [0.2, 0.25) is 0 Å². The first-order valence-electron chi connectivity index (χ1n) is 4.65. The summed E-state index contributed by atoms with van der Waals surface area (Å²) in [4.78, 5) is 13.0. The van der Waals surface area contributed by atoms with E-state index in [2.05, 4.69) is 4.74 Å². The lowest BCUT2D eigenvalue weighted by atomic mass is 9.98. The average molecular weight is 203 g/mol. The summed E-state index contributed by atoms with van der Waals surface area (Å²) in [5.74, 6) is -0.273. The molecule has 1 saturated heterocycles. The van der Waals surface area contributed by atoms with Gasteiger partial charge in [0.25, 0.3) is 0 Å². The molecular formula is C9H17NO4. The van der Waals surface area contributed by atoms with Gasteiger partial charge in [-0.15, -0.1) is 0 Å². The van der Waals surface area contributed by atoms with Crippen molar-refractivity contribution in [2.24, 2.45) is 0 Å². The van der Waals surface area contributed by atoms with E-state index in [-0.39, 0.29) is 18.6 Å². The van der Waals surface area contributed by atoms with Gasteiger partial charge in [-0.3, -0.25) is 9.69 Å². The SMILES string of the molecule is COC(=O)C1CCN1CC(C)(O)CO. The van der Waals surface area contributed by atoms with Gasteiger partial charge in [-0.2, -0.15) is 0 Å². The molecular weight excluding hydrogens is 186 g/mol. The number of carbonyl (C=O) groups excluding carboxylic acids is 1. The van der Waals surface area contributed by atoms with Crippen LogP contribution in [0.5, 0.6) is 0 Å². The number of esters is 1. The topological polar surface area (TPSA) is 70.0 Å². The summed E-state index contributed by atoms with van der Waals surface area (Å²) in [6.07, 6.45) is 0.758. The molecule has 0 bridgehead atoms. The minimum Gasteiger partial charge on any atom is -0.468 e. The zero-order valence-corrected chi connectivity index (χ0v) is 8.56. The van der Waals surface area contributed by atoms with Crippen molar-refractivity contribution in [2.45, 2.75) is 25.0 Å². The summed E-state index contributed by atoms with van der Waals surface area (Å²) in [6.45, 7) is 2.29. The van der Waals surface area contributed by atoms with E-state index < -0.39 is 5.60 Å². The standard InChI is InChI=1S/C9H17NO4/c1-9(13,6-11)5-10-4-3-7(10)8(12)14-2/h7,11,13H,3-6H2,1-2H3. The highest BCUT2D eigenvalue weighted by atomic mass is 16.5. The first-order valence-corrected chi connectivity index (χ1v) is 4.65. The molecule has 5 heteroatoms. The molecule has 0 amide bonds. The van der Waals surface area contributed by atoms with Crippen LogP contribution in [0, 0.1) is 0 Å². The van der Waals surface area contributed by atoms with E-state index in [1.807, 2.05) is 4.90 Å². The van der Waals surface area contributed by atoms with Gasteiger partial charge in [-0.05, 0) is 13.3 Å². The Bertz CT molecular complexity index is 217. The monoisotopic (exact) mass is 203 g/mol. The van der Waals surface area contributed by atoms with Crippen LogP contribution < -0.4 is 0 Å². The van der Waals surface area contributed by atoms with E-state index in [0.717, 1.165) is 13.0 Å². The number of nitrogens with zero attached hydrogens (tertiary/aromatic N) is 1. The van der Waals surface area contributed by atoms with Gasteiger partial charge < -0.3 is 14.9 Å². The molecule has 0 saturated carbocycles. The van der Waals surface area contributed by atoms with Crippen LogP contribution >= 0.6 is 0 Å². The quantitative estimate of drug-likeness (QED) is 0.572. The van der Waals surface area contributed by atoms with Gasteiger partial charge in [0, 0.05) is 13.1 Å². The third-order valence-electron chi connectivity index (χ3n) is 2.49. The lowest BCUT2D eigenvalue weighted by Crippen LogP contribution is -2.58. The smallest absolute Gasteiger partial charge is 0.323 e. The second-order valence-corrected chi connectivity index (χ2v) is 3.95. The number of rotatable bonds is 4. The van der Waals surface area contributed by atoms with Crippen molar-refractivity contribution < 1.29 is 19.7 Å². The number of β-amino-alcohol motifs (C(OH)–C–C–N with tert-alkyl or cyclic N) is 1. The molecule has 1 fully saturated rings. The minimum absolute atomic E-state index is 0.252. The minimum atomic E-state index is -1.15. The molecule has 0 aromatic rings. The Morgan fingerprint density at radius 1 is 1.71 bits per heavy atom. The Hall–Kier alpha value is -0.650. The van der Waals surface area contributed by atoms with E-state index in [0.29, 0.717) is 6.54 Å². The van der Waals surface area contributed by atoms with Gasteiger partial charge in [0.15, 0.2) is 0 Å². The first kappa shape index (κ1) is 11.4. The first-order chi connectivity index (χ1) is 6.50. The van der Waals surface area contributed by atoms with E-state index in [9.17, 15) is 9.90 Å². The van der Waals surface area contributed by atoms with E-state index in [1.165, 1.54) is 7.11 Å².